The normalized spacial score (nSPS) is 10.4. The molecule has 3 aromatic rings. The summed E-state index contributed by atoms with van der Waals surface area (Å²) in [6, 6.07) is 8.45. The molecular weight excluding hydrogens is 329 g/mol. The quantitative estimate of drug-likeness (QED) is 0.641. The molecule has 2 aromatic heterocycles. The third-order valence-corrected chi connectivity index (χ3v) is 3.30. The fourth-order valence-electron chi connectivity index (χ4n) is 2.13. The van der Waals surface area contributed by atoms with Gasteiger partial charge >= 0.3 is 5.69 Å². The van der Waals surface area contributed by atoms with E-state index in [1.807, 2.05) is 4.98 Å². The van der Waals surface area contributed by atoms with Gasteiger partial charge in [0.1, 0.15) is 17.8 Å². The molecule has 0 saturated heterocycles. The minimum atomic E-state index is -0.765. The molecule has 0 unspecified atom stereocenters. The predicted molar refractivity (Wildman–Crippen MR) is 86.3 cm³/mol. The van der Waals surface area contributed by atoms with Gasteiger partial charge in [-0.1, -0.05) is 0 Å². The van der Waals surface area contributed by atoms with Crippen LogP contribution < -0.4 is 16.6 Å². The highest BCUT2D eigenvalue weighted by molar-refractivity contribution is 5.91. The van der Waals surface area contributed by atoms with Gasteiger partial charge in [-0.25, -0.2) is 19.2 Å². The Morgan fingerprint density at radius 2 is 1.84 bits per heavy atom. The third-order valence-electron chi connectivity index (χ3n) is 3.30. The summed E-state index contributed by atoms with van der Waals surface area (Å²) in [7, 11) is 0. The van der Waals surface area contributed by atoms with Gasteiger partial charge in [0.15, 0.2) is 0 Å². The van der Waals surface area contributed by atoms with Gasteiger partial charge in [0.2, 0.25) is 0 Å². The maximum atomic E-state index is 13.0. The molecule has 0 spiro atoms. The fourth-order valence-corrected chi connectivity index (χ4v) is 2.13. The number of aromatic nitrogens is 4. The molecule has 0 aliphatic carbocycles. The number of amides is 1. The van der Waals surface area contributed by atoms with E-state index in [4.69, 9.17) is 0 Å². The smallest absolute Gasteiger partial charge is 0.326 e. The molecule has 0 radical (unpaired) electrons. The molecular formula is C16H12FN5O3. The minimum Gasteiger partial charge on any atom is -0.345 e. The molecule has 8 nitrogen and oxygen atoms in total. The molecule has 3 rings (SSSR count). The lowest BCUT2D eigenvalue weighted by Gasteiger charge is -2.06. The Kier molecular flexibility index (Phi) is 4.46. The summed E-state index contributed by atoms with van der Waals surface area (Å²) in [5, 5.41) is 2.55. The number of carbonyl (C=O) groups is 1. The van der Waals surface area contributed by atoms with Crippen LogP contribution in [0.15, 0.2) is 52.3 Å². The van der Waals surface area contributed by atoms with Crippen molar-refractivity contribution in [3.8, 4) is 11.3 Å². The van der Waals surface area contributed by atoms with Crippen molar-refractivity contribution in [2.45, 2.75) is 6.54 Å². The highest BCUT2D eigenvalue weighted by Crippen LogP contribution is 2.17. The van der Waals surface area contributed by atoms with Crippen LogP contribution in [0.5, 0.6) is 0 Å². The van der Waals surface area contributed by atoms with Gasteiger partial charge in [0, 0.05) is 11.6 Å². The summed E-state index contributed by atoms with van der Waals surface area (Å²) in [5.41, 5.74) is 0.198. The molecule has 0 aliphatic heterocycles. The number of benzene rings is 1. The molecule has 3 N–H and O–H groups in total. The monoisotopic (exact) mass is 341 g/mol. The van der Waals surface area contributed by atoms with Crippen LogP contribution in [0.3, 0.4) is 0 Å². The second-order valence-electron chi connectivity index (χ2n) is 5.09. The first kappa shape index (κ1) is 16.2. The Labute approximate surface area is 139 Å². The third kappa shape index (κ3) is 4.02. The molecule has 1 aromatic carbocycles. The Hall–Kier alpha value is -3.62. The molecule has 9 heteroatoms. The zero-order valence-electron chi connectivity index (χ0n) is 12.7. The topological polar surface area (TPSA) is 121 Å². The molecule has 2 heterocycles. The number of rotatable bonds is 4. The first-order chi connectivity index (χ1) is 12.0. The highest BCUT2D eigenvalue weighted by Gasteiger charge is 2.09. The summed E-state index contributed by atoms with van der Waals surface area (Å²) in [6.45, 7) is 0.0599. The predicted octanol–water partition coefficient (Wildman–Crippen LogP) is 0.589. The van der Waals surface area contributed by atoms with Gasteiger partial charge in [0.05, 0.1) is 17.9 Å². The van der Waals surface area contributed by atoms with Crippen LogP contribution >= 0.6 is 0 Å². The van der Waals surface area contributed by atoms with Crippen molar-refractivity contribution in [1.82, 2.24) is 25.3 Å². The molecule has 126 valence electrons. The van der Waals surface area contributed by atoms with Crippen LogP contribution in [0, 0.1) is 5.82 Å². The largest absolute Gasteiger partial charge is 0.345 e. The van der Waals surface area contributed by atoms with Gasteiger partial charge < -0.3 is 10.3 Å². The maximum absolute atomic E-state index is 13.0. The number of aromatic amines is 2. The molecule has 25 heavy (non-hydrogen) atoms. The van der Waals surface area contributed by atoms with Gasteiger partial charge in [0.25, 0.3) is 11.5 Å². The van der Waals surface area contributed by atoms with Crippen molar-refractivity contribution in [3.05, 3.63) is 80.8 Å². The van der Waals surface area contributed by atoms with Crippen LogP contribution in [0.25, 0.3) is 11.3 Å². The second-order valence-corrected chi connectivity index (χ2v) is 5.09. The molecule has 0 aliphatic rings. The first-order valence-electron chi connectivity index (χ1n) is 7.20. The van der Waals surface area contributed by atoms with E-state index in [-0.39, 0.29) is 18.1 Å². The lowest BCUT2D eigenvalue weighted by molar-refractivity contribution is 0.0944. The minimum absolute atomic E-state index is 0.0599. The van der Waals surface area contributed by atoms with E-state index in [2.05, 4.69) is 20.3 Å². The van der Waals surface area contributed by atoms with Crippen LogP contribution in [-0.4, -0.2) is 25.8 Å². The number of hydrogen-bond donors (Lipinski definition) is 3. The number of nitrogens with one attached hydrogen (secondary N) is 3. The van der Waals surface area contributed by atoms with E-state index in [0.29, 0.717) is 17.0 Å². The van der Waals surface area contributed by atoms with Crippen LogP contribution in [0.2, 0.25) is 0 Å². The Morgan fingerprint density at radius 3 is 2.56 bits per heavy atom. The SMILES string of the molecule is O=C(NCc1cc(-c2ccc(F)cc2)ncn1)c1cc(=O)[nH]c(=O)[nH]1. The average molecular weight is 341 g/mol. The van der Waals surface area contributed by atoms with E-state index in [0.717, 1.165) is 6.07 Å². The van der Waals surface area contributed by atoms with Gasteiger partial charge in [-0.15, -0.1) is 0 Å². The van der Waals surface area contributed by atoms with E-state index in [1.54, 1.807) is 18.2 Å². The number of hydrogen-bond acceptors (Lipinski definition) is 5. The van der Waals surface area contributed by atoms with Gasteiger partial charge in [-0.3, -0.25) is 14.6 Å². The van der Waals surface area contributed by atoms with Gasteiger partial charge in [-0.2, -0.15) is 0 Å². The Balaban J connectivity index is 1.74. The van der Waals surface area contributed by atoms with Crippen LogP contribution in [-0.2, 0) is 6.54 Å². The standard InChI is InChI=1S/C16H12FN5O3/c17-10-3-1-9(2-4-10)12-5-11(19-8-20-12)7-18-15(24)13-6-14(23)22-16(25)21-13/h1-6,8H,7H2,(H,18,24)(H2,21,22,23,25). The van der Waals surface area contributed by atoms with Crippen molar-refractivity contribution in [1.29, 1.82) is 0 Å². The number of halogens is 1. The Bertz CT molecular complexity index is 998. The fraction of sp³-hybridized carbons (Fsp3) is 0.0625. The summed E-state index contributed by atoms with van der Waals surface area (Å²) in [4.78, 5) is 46.7. The molecule has 0 saturated carbocycles. The van der Waals surface area contributed by atoms with E-state index in [1.165, 1.54) is 18.5 Å². The van der Waals surface area contributed by atoms with Crippen molar-refractivity contribution in [2.75, 3.05) is 0 Å². The Morgan fingerprint density at radius 1 is 1.08 bits per heavy atom. The molecule has 0 fully saturated rings. The first-order valence-corrected chi connectivity index (χ1v) is 7.20. The maximum Gasteiger partial charge on any atom is 0.326 e. The van der Waals surface area contributed by atoms with Crippen molar-refractivity contribution >= 4 is 5.91 Å². The van der Waals surface area contributed by atoms with Crippen LogP contribution in [0.4, 0.5) is 4.39 Å². The second kappa shape index (κ2) is 6.87. The van der Waals surface area contributed by atoms with Crippen molar-refractivity contribution in [3.63, 3.8) is 0 Å². The number of H-pyrrole nitrogens is 2. The highest BCUT2D eigenvalue weighted by atomic mass is 19.1. The summed E-state index contributed by atoms with van der Waals surface area (Å²) in [6.07, 6.45) is 1.33. The van der Waals surface area contributed by atoms with Crippen molar-refractivity contribution < 1.29 is 9.18 Å². The van der Waals surface area contributed by atoms with Crippen molar-refractivity contribution in [2.24, 2.45) is 0 Å². The zero-order chi connectivity index (χ0) is 17.8. The average Bonchev–Trinajstić information content (AvgIpc) is 2.60. The zero-order valence-corrected chi connectivity index (χ0v) is 12.7. The summed E-state index contributed by atoms with van der Waals surface area (Å²) < 4.78 is 13.0. The lowest BCUT2D eigenvalue weighted by atomic mass is 10.1. The van der Waals surface area contributed by atoms with Gasteiger partial charge in [-0.05, 0) is 30.3 Å². The summed E-state index contributed by atoms with van der Waals surface area (Å²) >= 11 is 0. The summed E-state index contributed by atoms with van der Waals surface area (Å²) in [5.74, 6) is -0.970. The lowest BCUT2D eigenvalue weighted by Crippen LogP contribution is -2.30. The molecule has 1 amide bonds. The molecule has 0 bridgehead atoms. The van der Waals surface area contributed by atoms with E-state index < -0.39 is 17.2 Å². The number of nitrogens with zero attached hydrogens (tertiary/aromatic N) is 2. The van der Waals surface area contributed by atoms with E-state index >= 15 is 0 Å². The number of carbonyl (C=O) groups excluding carboxylic acids is 1. The van der Waals surface area contributed by atoms with E-state index in [9.17, 15) is 18.8 Å². The van der Waals surface area contributed by atoms with Crippen LogP contribution in [0.1, 0.15) is 16.2 Å². The molecule has 0 atom stereocenters.